The lowest BCUT2D eigenvalue weighted by Crippen LogP contribution is -2.43. The summed E-state index contributed by atoms with van der Waals surface area (Å²) >= 11 is 6.41. The number of carbonyl (C=O) groups excluding carboxylic acids is 1. The van der Waals surface area contributed by atoms with Crippen molar-refractivity contribution in [3.8, 4) is 11.5 Å². The highest BCUT2D eigenvalue weighted by molar-refractivity contribution is 6.31. The predicted octanol–water partition coefficient (Wildman–Crippen LogP) is 3.04. The summed E-state index contributed by atoms with van der Waals surface area (Å²) in [6.45, 7) is 8.85. The van der Waals surface area contributed by atoms with Crippen LogP contribution in [0.3, 0.4) is 0 Å². The van der Waals surface area contributed by atoms with Crippen molar-refractivity contribution in [1.82, 2.24) is 25.5 Å². The monoisotopic (exact) mass is 424 g/mol. The molecule has 0 aliphatic rings. The number of benzene rings is 1. The highest BCUT2D eigenvalue weighted by Gasteiger charge is 2.16. The molecule has 2 rings (SSSR count). The number of nitrogens with one attached hydrogen (secondary N) is 2. The van der Waals surface area contributed by atoms with E-state index in [1.165, 1.54) is 7.11 Å². The van der Waals surface area contributed by atoms with Crippen LogP contribution in [0, 0.1) is 0 Å². The lowest BCUT2D eigenvalue weighted by Gasteiger charge is -2.21. The first-order chi connectivity index (χ1) is 13.7. The van der Waals surface area contributed by atoms with Gasteiger partial charge in [0.1, 0.15) is 0 Å². The second-order valence-corrected chi connectivity index (χ2v) is 8.02. The Bertz CT molecular complexity index is 819. The molecule has 0 saturated heterocycles. The summed E-state index contributed by atoms with van der Waals surface area (Å²) in [4.78, 5) is 12.0. The summed E-state index contributed by atoms with van der Waals surface area (Å²) in [7, 11) is 1.54. The van der Waals surface area contributed by atoms with E-state index >= 15 is 0 Å². The van der Waals surface area contributed by atoms with Crippen LogP contribution in [-0.2, 0) is 17.9 Å². The van der Waals surface area contributed by atoms with Crippen molar-refractivity contribution < 1.29 is 14.3 Å². The molecule has 0 bridgehead atoms. The molecule has 1 aromatic heterocycles. The van der Waals surface area contributed by atoms with Gasteiger partial charge in [-0.05, 0) is 49.2 Å². The fraction of sp³-hybridized carbons (Fsp3) is 0.579. The van der Waals surface area contributed by atoms with Crippen molar-refractivity contribution in [3.63, 3.8) is 0 Å². The molecule has 0 aliphatic carbocycles. The Morgan fingerprint density at radius 2 is 2.03 bits per heavy atom. The number of methoxy groups -OCH3 is 1. The molecule has 9 nitrogen and oxygen atoms in total. The Kier molecular flexibility index (Phi) is 8.07. The minimum Gasteiger partial charge on any atom is -0.493 e. The van der Waals surface area contributed by atoms with E-state index in [9.17, 15) is 4.79 Å². The second kappa shape index (κ2) is 10.3. The van der Waals surface area contributed by atoms with Crippen LogP contribution in [0.2, 0.25) is 5.02 Å². The van der Waals surface area contributed by atoms with Crippen molar-refractivity contribution in [2.24, 2.45) is 0 Å². The van der Waals surface area contributed by atoms with Gasteiger partial charge >= 0.3 is 0 Å². The van der Waals surface area contributed by atoms with E-state index in [4.69, 9.17) is 21.1 Å². The number of unbranched alkanes of at least 4 members (excludes halogenated alkanes) is 1. The number of carbonyl (C=O) groups is 1. The van der Waals surface area contributed by atoms with Crippen LogP contribution in [0.15, 0.2) is 12.1 Å². The molecule has 0 fully saturated rings. The minimum absolute atomic E-state index is 0.131. The average Bonchev–Trinajstić information content (AvgIpc) is 3.09. The van der Waals surface area contributed by atoms with Crippen LogP contribution in [0.25, 0.3) is 0 Å². The molecule has 10 heteroatoms. The Balaban J connectivity index is 2.04. The lowest BCUT2D eigenvalue weighted by molar-refractivity contribution is -0.124. The van der Waals surface area contributed by atoms with E-state index in [2.05, 4.69) is 33.1 Å². The fourth-order valence-electron chi connectivity index (χ4n) is 2.55. The molecular formula is C19H29ClN6O3. The number of ether oxygens (including phenoxy) is 2. The average molecular weight is 425 g/mol. The zero-order chi connectivity index (χ0) is 21.4. The number of aromatic nitrogens is 4. The van der Waals surface area contributed by atoms with E-state index in [0.29, 0.717) is 29.0 Å². The lowest BCUT2D eigenvalue weighted by atomic mass is 10.1. The molecule has 0 saturated carbocycles. The summed E-state index contributed by atoms with van der Waals surface area (Å²) in [6, 6.07) is 3.41. The molecule has 0 unspecified atom stereocenters. The normalized spacial score (nSPS) is 11.2. The van der Waals surface area contributed by atoms with Gasteiger partial charge in [0.15, 0.2) is 18.1 Å². The number of hydrogen-bond donors (Lipinski definition) is 2. The maximum Gasteiger partial charge on any atom is 0.258 e. The highest BCUT2D eigenvalue weighted by Crippen LogP contribution is 2.33. The van der Waals surface area contributed by atoms with Crippen LogP contribution in [0.5, 0.6) is 11.5 Å². The standard InChI is InChI=1S/C19H29ClN6O3/c1-6-7-8-26-18(23-24-25-26)21-11-13-9-15(28-5)16(10-14(13)20)29-12-17(27)22-19(2,3)4/h9-10H,6-8,11-12H2,1-5H3,(H,22,27)(H,21,23,25). The minimum atomic E-state index is -0.329. The topological polar surface area (TPSA) is 103 Å². The number of rotatable bonds is 10. The fourth-order valence-corrected chi connectivity index (χ4v) is 2.77. The Hall–Kier alpha value is -2.55. The van der Waals surface area contributed by atoms with Crippen molar-refractivity contribution >= 4 is 23.5 Å². The molecule has 29 heavy (non-hydrogen) atoms. The number of anilines is 1. The van der Waals surface area contributed by atoms with E-state index in [0.717, 1.165) is 24.9 Å². The Morgan fingerprint density at radius 3 is 2.69 bits per heavy atom. The summed E-state index contributed by atoms with van der Waals surface area (Å²) in [5.41, 5.74) is 0.463. The van der Waals surface area contributed by atoms with Gasteiger partial charge < -0.3 is 20.1 Å². The molecule has 0 radical (unpaired) electrons. The van der Waals surface area contributed by atoms with Gasteiger partial charge in [0, 0.05) is 29.7 Å². The summed E-state index contributed by atoms with van der Waals surface area (Å²) in [6.07, 6.45) is 2.04. The van der Waals surface area contributed by atoms with Gasteiger partial charge in [-0.1, -0.05) is 30.0 Å². The van der Waals surface area contributed by atoms with Gasteiger partial charge in [-0.3, -0.25) is 4.79 Å². The third-order valence-electron chi connectivity index (χ3n) is 3.90. The number of halogens is 1. The first-order valence-corrected chi connectivity index (χ1v) is 9.91. The summed E-state index contributed by atoms with van der Waals surface area (Å²) in [5.74, 6) is 1.24. The quantitative estimate of drug-likeness (QED) is 0.604. The molecule has 0 atom stereocenters. The number of aryl methyl sites for hydroxylation is 1. The van der Waals surface area contributed by atoms with Crippen molar-refractivity contribution in [2.45, 2.75) is 59.2 Å². The number of nitrogens with zero attached hydrogens (tertiary/aromatic N) is 4. The smallest absolute Gasteiger partial charge is 0.258 e. The molecule has 1 amide bonds. The summed E-state index contributed by atoms with van der Waals surface area (Å²) in [5, 5.41) is 18.2. The highest BCUT2D eigenvalue weighted by atomic mass is 35.5. The Morgan fingerprint density at radius 1 is 1.28 bits per heavy atom. The van der Waals surface area contributed by atoms with Crippen LogP contribution in [-0.4, -0.2) is 45.4 Å². The molecule has 2 N–H and O–H groups in total. The number of amides is 1. The molecule has 1 aromatic carbocycles. The molecule has 160 valence electrons. The zero-order valence-corrected chi connectivity index (χ0v) is 18.3. The van der Waals surface area contributed by atoms with Crippen molar-refractivity contribution in [1.29, 1.82) is 0 Å². The van der Waals surface area contributed by atoms with Crippen molar-refractivity contribution in [3.05, 3.63) is 22.7 Å². The largest absolute Gasteiger partial charge is 0.493 e. The molecular weight excluding hydrogens is 396 g/mol. The van der Waals surface area contributed by atoms with E-state index < -0.39 is 0 Å². The third-order valence-corrected chi connectivity index (χ3v) is 4.25. The van der Waals surface area contributed by atoms with Gasteiger partial charge in [0.25, 0.3) is 5.91 Å². The molecule has 2 aromatic rings. The maximum absolute atomic E-state index is 12.0. The predicted molar refractivity (Wildman–Crippen MR) is 111 cm³/mol. The molecule has 1 heterocycles. The van der Waals surface area contributed by atoms with Crippen LogP contribution < -0.4 is 20.1 Å². The van der Waals surface area contributed by atoms with Crippen LogP contribution in [0.4, 0.5) is 5.95 Å². The van der Waals surface area contributed by atoms with Gasteiger partial charge in [-0.15, -0.1) is 0 Å². The first-order valence-electron chi connectivity index (χ1n) is 9.53. The Labute approximate surface area is 176 Å². The maximum atomic E-state index is 12.0. The molecule has 0 spiro atoms. The van der Waals surface area contributed by atoms with E-state index in [-0.39, 0.29) is 18.1 Å². The SMILES string of the molecule is CCCCn1nnnc1NCc1cc(OC)c(OCC(=O)NC(C)(C)C)cc1Cl. The van der Waals surface area contributed by atoms with Gasteiger partial charge in [0.05, 0.1) is 7.11 Å². The van der Waals surface area contributed by atoms with Crippen molar-refractivity contribution in [2.75, 3.05) is 19.0 Å². The van der Waals surface area contributed by atoms with E-state index in [1.807, 2.05) is 20.8 Å². The summed E-state index contributed by atoms with van der Waals surface area (Å²) < 4.78 is 12.7. The van der Waals surface area contributed by atoms with Gasteiger partial charge in [-0.25, -0.2) is 4.68 Å². The van der Waals surface area contributed by atoms with Gasteiger partial charge in [-0.2, -0.15) is 0 Å². The molecule has 0 aliphatic heterocycles. The van der Waals surface area contributed by atoms with E-state index in [1.54, 1.807) is 16.8 Å². The van der Waals surface area contributed by atoms with Crippen LogP contribution >= 0.6 is 11.6 Å². The third kappa shape index (κ3) is 7.08. The van der Waals surface area contributed by atoms with Gasteiger partial charge in [0.2, 0.25) is 5.95 Å². The zero-order valence-electron chi connectivity index (χ0n) is 17.6. The first kappa shape index (κ1) is 22.7. The van der Waals surface area contributed by atoms with Crippen LogP contribution in [0.1, 0.15) is 46.1 Å². The number of hydrogen-bond acceptors (Lipinski definition) is 7. The number of tetrazole rings is 1. The second-order valence-electron chi connectivity index (χ2n) is 7.61.